The fourth-order valence-electron chi connectivity index (χ4n) is 3.66. The van der Waals surface area contributed by atoms with E-state index >= 15 is 4.39 Å². The molecule has 8 heteroatoms. The zero-order chi connectivity index (χ0) is 19.9. The number of nitrogens with zero attached hydrogens (tertiary/aromatic N) is 4. The first-order valence-corrected chi connectivity index (χ1v) is 9.00. The molecule has 3 rings (SSSR count). The summed E-state index contributed by atoms with van der Waals surface area (Å²) in [6.45, 7) is 5.35. The van der Waals surface area contributed by atoms with Gasteiger partial charge in [0.2, 0.25) is 5.43 Å². The van der Waals surface area contributed by atoms with Gasteiger partial charge in [-0.05, 0) is 20.0 Å². The van der Waals surface area contributed by atoms with Crippen LogP contribution in [0, 0.1) is 5.82 Å². The van der Waals surface area contributed by atoms with Crippen LogP contribution in [0.5, 0.6) is 0 Å². The number of piperazine rings is 1. The molecule has 1 aromatic heterocycles. The second-order valence-electron chi connectivity index (χ2n) is 7.10. The van der Waals surface area contributed by atoms with Gasteiger partial charge in [-0.1, -0.05) is 0 Å². The number of halogens is 1. The van der Waals surface area contributed by atoms with Crippen LogP contribution < -0.4 is 15.2 Å². The molecule has 1 aliphatic rings. The van der Waals surface area contributed by atoms with E-state index in [-0.39, 0.29) is 10.9 Å². The summed E-state index contributed by atoms with van der Waals surface area (Å²) < 4.78 is 16.9. The Kier molecular flexibility index (Phi) is 5.10. The molecule has 0 aliphatic carbocycles. The van der Waals surface area contributed by atoms with Crippen molar-refractivity contribution in [3.8, 4) is 0 Å². The highest BCUT2D eigenvalue weighted by Gasteiger charge is 2.27. The van der Waals surface area contributed by atoms with Crippen molar-refractivity contribution in [2.24, 2.45) is 0 Å². The summed E-state index contributed by atoms with van der Waals surface area (Å²) in [5.41, 5.74) is 0.624. The largest absolute Gasteiger partial charge is 0.477 e. The van der Waals surface area contributed by atoms with Crippen LogP contribution in [0.4, 0.5) is 15.8 Å². The third kappa shape index (κ3) is 3.25. The Morgan fingerprint density at radius 1 is 1.26 bits per heavy atom. The molecule has 2 aromatic rings. The van der Waals surface area contributed by atoms with Gasteiger partial charge >= 0.3 is 5.97 Å². The molecule has 1 N–H and O–H groups in total. The fourth-order valence-corrected chi connectivity index (χ4v) is 3.66. The number of fused-ring (bicyclic) bond motifs is 1. The van der Waals surface area contributed by atoms with Crippen molar-refractivity contribution in [3.63, 3.8) is 0 Å². The van der Waals surface area contributed by atoms with Crippen molar-refractivity contribution >= 4 is 28.2 Å². The maximum Gasteiger partial charge on any atom is 0.341 e. The van der Waals surface area contributed by atoms with Gasteiger partial charge < -0.3 is 24.4 Å². The number of aromatic nitrogens is 1. The number of carbonyl (C=O) groups is 1. The second-order valence-corrected chi connectivity index (χ2v) is 7.10. The Morgan fingerprint density at radius 3 is 2.41 bits per heavy atom. The van der Waals surface area contributed by atoms with Gasteiger partial charge in [0.15, 0.2) is 0 Å². The molecule has 1 saturated heterocycles. The number of pyridine rings is 1. The Morgan fingerprint density at radius 2 is 1.89 bits per heavy atom. The van der Waals surface area contributed by atoms with Crippen LogP contribution >= 0.6 is 0 Å². The van der Waals surface area contributed by atoms with Gasteiger partial charge in [-0.2, -0.15) is 0 Å². The zero-order valence-electron chi connectivity index (χ0n) is 16.1. The molecule has 0 radical (unpaired) electrons. The fraction of sp³-hybridized carbons (Fsp3) is 0.474. The minimum Gasteiger partial charge on any atom is -0.477 e. The molecule has 1 aromatic carbocycles. The number of aromatic carboxylic acids is 1. The van der Waals surface area contributed by atoms with E-state index < -0.39 is 17.2 Å². The summed E-state index contributed by atoms with van der Waals surface area (Å²) in [4.78, 5) is 30.1. The number of likely N-dealkylation sites (N-methyl/N-ethyl adjacent to an activating group) is 1. The number of carboxylic acids is 1. The van der Waals surface area contributed by atoms with Gasteiger partial charge in [0.25, 0.3) is 0 Å². The van der Waals surface area contributed by atoms with Crippen LogP contribution in [0.25, 0.3) is 10.9 Å². The van der Waals surface area contributed by atoms with Gasteiger partial charge in [-0.25, -0.2) is 9.18 Å². The first-order chi connectivity index (χ1) is 12.8. The van der Waals surface area contributed by atoms with Crippen LogP contribution in [0.3, 0.4) is 0 Å². The van der Waals surface area contributed by atoms with Gasteiger partial charge in [0, 0.05) is 53.0 Å². The molecule has 0 spiro atoms. The Hall–Kier alpha value is -2.61. The number of hydrogen-bond donors (Lipinski definition) is 1. The van der Waals surface area contributed by atoms with Gasteiger partial charge in [-0.3, -0.25) is 4.79 Å². The van der Waals surface area contributed by atoms with E-state index in [1.54, 1.807) is 9.47 Å². The number of benzene rings is 1. The molecule has 1 fully saturated rings. The first-order valence-electron chi connectivity index (χ1n) is 9.00. The molecular formula is C19H25FN4O3. The molecule has 0 bridgehead atoms. The van der Waals surface area contributed by atoms with Crippen LogP contribution in [0.15, 0.2) is 17.1 Å². The number of rotatable bonds is 4. The lowest BCUT2D eigenvalue weighted by Gasteiger charge is -2.36. The summed E-state index contributed by atoms with van der Waals surface area (Å²) in [5.74, 6) is -1.81. The molecule has 27 heavy (non-hydrogen) atoms. The summed E-state index contributed by atoms with van der Waals surface area (Å²) in [6, 6.07) is 1.19. The van der Waals surface area contributed by atoms with Gasteiger partial charge in [0.1, 0.15) is 11.4 Å². The Labute approximate surface area is 157 Å². The number of anilines is 2. The topological polar surface area (TPSA) is 69.0 Å². The minimum atomic E-state index is -1.31. The lowest BCUT2D eigenvalue weighted by Crippen LogP contribution is -2.45. The zero-order valence-corrected chi connectivity index (χ0v) is 16.1. The van der Waals surface area contributed by atoms with E-state index in [0.29, 0.717) is 36.5 Å². The lowest BCUT2D eigenvalue weighted by molar-refractivity contribution is 0.0695. The molecule has 0 amide bonds. The monoisotopic (exact) mass is 376 g/mol. The SMILES string of the molecule is CCn1cc(C(=O)O)c(=O)c2cc(F)c(N3CCN(C)CC3)c(N(C)C)c21. The number of carboxylic acid groups (broad SMARTS) is 1. The van der Waals surface area contributed by atoms with Crippen LogP contribution in [-0.4, -0.2) is 67.9 Å². The molecule has 0 saturated carbocycles. The third-order valence-corrected chi connectivity index (χ3v) is 5.10. The van der Waals surface area contributed by atoms with Gasteiger partial charge in [-0.15, -0.1) is 0 Å². The van der Waals surface area contributed by atoms with Crippen molar-refractivity contribution in [1.29, 1.82) is 0 Å². The smallest absolute Gasteiger partial charge is 0.341 e. The summed E-state index contributed by atoms with van der Waals surface area (Å²) in [5, 5.41) is 9.44. The van der Waals surface area contributed by atoms with Crippen LogP contribution in [0.2, 0.25) is 0 Å². The second kappa shape index (κ2) is 7.19. The van der Waals surface area contributed by atoms with Crippen molar-refractivity contribution in [1.82, 2.24) is 9.47 Å². The van der Waals surface area contributed by atoms with Crippen LogP contribution in [-0.2, 0) is 6.54 Å². The highest BCUT2D eigenvalue weighted by atomic mass is 19.1. The van der Waals surface area contributed by atoms with E-state index in [1.807, 2.05) is 33.0 Å². The first kappa shape index (κ1) is 19.2. The third-order valence-electron chi connectivity index (χ3n) is 5.10. The predicted octanol–water partition coefficient (Wildman–Crippen LogP) is 1.68. The number of hydrogen-bond acceptors (Lipinski definition) is 5. The average molecular weight is 376 g/mol. The molecule has 146 valence electrons. The van der Waals surface area contributed by atoms with Crippen molar-refractivity contribution < 1.29 is 14.3 Å². The minimum absolute atomic E-state index is 0.0934. The van der Waals surface area contributed by atoms with Crippen molar-refractivity contribution in [2.45, 2.75) is 13.5 Å². The van der Waals surface area contributed by atoms with E-state index in [2.05, 4.69) is 4.90 Å². The normalized spacial score (nSPS) is 15.4. The molecule has 1 aliphatic heterocycles. The summed E-state index contributed by atoms with van der Waals surface area (Å²) in [6.07, 6.45) is 1.35. The van der Waals surface area contributed by atoms with Crippen molar-refractivity contribution in [2.75, 3.05) is 57.1 Å². The van der Waals surface area contributed by atoms with Crippen molar-refractivity contribution in [3.05, 3.63) is 33.9 Å². The van der Waals surface area contributed by atoms with Gasteiger partial charge in [0.05, 0.1) is 22.3 Å². The predicted molar refractivity (Wildman–Crippen MR) is 105 cm³/mol. The highest BCUT2D eigenvalue weighted by molar-refractivity contribution is 6.01. The number of aryl methyl sites for hydroxylation is 1. The summed E-state index contributed by atoms with van der Waals surface area (Å²) >= 11 is 0. The van der Waals surface area contributed by atoms with E-state index in [0.717, 1.165) is 13.1 Å². The molecule has 7 nitrogen and oxygen atoms in total. The van der Waals surface area contributed by atoms with E-state index in [1.165, 1.54) is 12.3 Å². The highest BCUT2D eigenvalue weighted by Crippen LogP contribution is 2.38. The standard InChI is InChI=1S/C19H25FN4O3/c1-5-23-11-13(19(26)27)18(25)12-10-14(20)16(17(15(12)23)21(2)3)24-8-6-22(4)7-9-24/h10-11H,5-9H2,1-4H3,(H,26,27). The molecular weight excluding hydrogens is 351 g/mol. The lowest BCUT2D eigenvalue weighted by atomic mass is 10.1. The molecule has 0 unspecified atom stereocenters. The Balaban J connectivity index is 2.37. The van der Waals surface area contributed by atoms with E-state index in [4.69, 9.17) is 0 Å². The maximum atomic E-state index is 15.2. The average Bonchev–Trinajstić information content (AvgIpc) is 2.62. The summed E-state index contributed by atoms with van der Waals surface area (Å²) in [7, 11) is 5.65. The quantitative estimate of drug-likeness (QED) is 0.876. The van der Waals surface area contributed by atoms with E-state index in [9.17, 15) is 14.7 Å². The maximum absolute atomic E-state index is 15.2. The molecule has 0 atom stereocenters. The van der Waals surface area contributed by atoms with Crippen LogP contribution in [0.1, 0.15) is 17.3 Å². The Bertz CT molecular complexity index is 946. The molecule has 2 heterocycles.